The highest BCUT2D eigenvalue weighted by Gasteiger charge is 2.22. The Morgan fingerprint density at radius 1 is 1.10 bits per heavy atom. The number of hydrogen-bond donors (Lipinski definition) is 1. The van der Waals surface area contributed by atoms with Crippen LogP contribution in [0.25, 0.3) is 0 Å². The Bertz CT molecular complexity index is 400. The molecule has 112 valence electrons. The molecule has 3 rings (SSSR count). The Morgan fingerprint density at radius 3 is 2.55 bits per heavy atom. The number of nitrogens with zero attached hydrogens (tertiary/aromatic N) is 2. The van der Waals surface area contributed by atoms with Gasteiger partial charge in [0, 0.05) is 12.2 Å². The second kappa shape index (κ2) is 6.75. The van der Waals surface area contributed by atoms with Crippen LogP contribution in [0, 0.1) is 5.92 Å². The summed E-state index contributed by atoms with van der Waals surface area (Å²) in [7, 11) is 0. The molecule has 2 aliphatic carbocycles. The third-order valence-corrected chi connectivity index (χ3v) is 5.35. The molecule has 0 radical (unpaired) electrons. The number of nitrogens with two attached hydrogens (primary N) is 1. The zero-order valence-electron chi connectivity index (χ0n) is 12.6. The van der Waals surface area contributed by atoms with Gasteiger partial charge in [0.1, 0.15) is 0 Å². The maximum atomic E-state index is 6.34. The SMILES string of the molecule is NC(CCc1ccn(C2CCCCC2)n1)C1CCCC1. The van der Waals surface area contributed by atoms with Gasteiger partial charge in [0.15, 0.2) is 0 Å². The summed E-state index contributed by atoms with van der Waals surface area (Å²) in [5.41, 5.74) is 7.58. The molecule has 0 aromatic carbocycles. The summed E-state index contributed by atoms with van der Waals surface area (Å²) >= 11 is 0. The van der Waals surface area contributed by atoms with Crippen molar-refractivity contribution < 1.29 is 0 Å². The normalized spacial score (nSPS) is 23.2. The Morgan fingerprint density at radius 2 is 1.80 bits per heavy atom. The largest absolute Gasteiger partial charge is 0.327 e. The van der Waals surface area contributed by atoms with Crippen LogP contribution >= 0.6 is 0 Å². The van der Waals surface area contributed by atoms with Gasteiger partial charge in [0.25, 0.3) is 0 Å². The first kappa shape index (κ1) is 14.1. The van der Waals surface area contributed by atoms with E-state index in [-0.39, 0.29) is 0 Å². The van der Waals surface area contributed by atoms with Gasteiger partial charge in [-0.3, -0.25) is 4.68 Å². The summed E-state index contributed by atoms with van der Waals surface area (Å²) in [5, 5.41) is 4.79. The van der Waals surface area contributed by atoms with E-state index in [4.69, 9.17) is 10.8 Å². The van der Waals surface area contributed by atoms with Crippen molar-refractivity contribution in [1.82, 2.24) is 9.78 Å². The number of rotatable bonds is 5. The zero-order valence-corrected chi connectivity index (χ0v) is 12.6. The van der Waals surface area contributed by atoms with E-state index < -0.39 is 0 Å². The molecule has 20 heavy (non-hydrogen) atoms. The van der Waals surface area contributed by atoms with Gasteiger partial charge in [-0.05, 0) is 50.5 Å². The van der Waals surface area contributed by atoms with Crippen LogP contribution in [0.1, 0.15) is 75.9 Å². The third kappa shape index (κ3) is 3.43. The molecule has 0 bridgehead atoms. The van der Waals surface area contributed by atoms with Crippen LogP contribution < -0.4 is 5.73 Å². The molecule has 0 saturated heterocycles. The summed E-state index contributed by atoms with van der Waals surface area (Å²) in [6, 6.07) is 3.24. The van der Waals surface area contributed by atoms with Crippen LogP contribution in [0.4, 0.5) is 0 Å². The molecule has 0 aliphatic heterocycles. The summed E-state index contributed by atoms with van der Waals surface area (Å²) < 4.78 is 2.22. The van der Waals surface area contributed by atoms with Crippen molar-refractivity contribution in [2.45, 2.75) is 82.7 Å². The minimum Gasteiger partial charge on any atom is -0.327 e. The van der Waals surface area contributed by atoms with Crippen LogP contribution in [0.2, 0.25) is 0 Å². The minimum atomic E-state index is 0.386. The highest BCUT2D eigenvalue weighted by atomic mass is 15.3. The molecule has 2 fully saturated rings. The van der Waals surface area contributed by atoms with Gasteiger partial charge < -0.3 is 5.73 Å². The van der Waals surface area contributed by atoms with Crippen molar-refractivity contribution in [3.8, 4) is 0 Å². The van der Waals surface area contributed by atoms with Crippen molar-refractivity contribution in [1.29, 1.82) is 0 Å². The lowest BCUT2D eigenvalue weighted by Gasteiger charge is -2.22. The van der Waals surface area contributed by atoms with Crippen LogP contribution in [-0.2, 0) is 6.42 Å². The fraction of sp³-hybridized carbons (Fsp3) is 0.824. The molecule has 1 heterocycles. The lowest BCUT2D eigenvalue weighted by atomic mass is 9.94. The Balaban J connectivity index is 1.49. The topological polar surface area (TPSA) is 43.8 Å². The second-order valence-corrected chi connectivity index (χ2v) is 6.83. The number of aromatic nitrogens is 2. The first-order chi connectivity index (χ1) is 9.83. The molecule has 1 aromatic heterocycles. The molecule has 3 heteroatoms. The molecule has 2 aliphatic rings. The van der Waals surface area contributed by atoms with E-state index in [2.05, 4.69) is 16.9 Å². The smallest absolute Gasteiger partial charge is 0.0625 e. The highest BCUT2D eigenvalue weighted by molar-refractivity contribution is 5.01. The van der Waals surface area contributed by atoms with E-state index in [1.807, 2.05) is 0 Å². The van der Waals surface area contributed by atoms with Crippen molar-refractivity contribution in [2.75, 3.05) is 0 Å². The quantitative estimate of drug-likeness (QED) is 0.887. The maximum Gasteiger partial charge on any atom is 0.0625 e. The molecule has 0 spiro atoms. The molecule has 2 saturated carbocycles. The van der Waals surface area contributed by atoms with Crippen molar-refractivity contribution in [2.24, 2.45) is 11.7 Å². The third-order valence-electron chi connectivity index (χ3n) is 5.35. The summed E-state index contributed by atoms with van der Waals surface area (Å²) in [6.45, 7) is 0. The Hall–Kier alpha value is -0.830. The first-order valence-electron chi connectivity index (χ1n) is 8.62. The van der Waals surface area contributed by atoms with Crippen molar-refractivity contribution in [3.63, 3.8) is 0 Å². The zero-order chi connectivity index (χ0) is 13.8. The lowest BCUT2D eigenvalue weighted by molar-refractivity contribution is 0.327. The predicted molar refractivity (Wildman–Crippen MR) is 82.6 cm³/mol. The maximum absolute atomic E-state index is 6.34. The van der Waals surface area contributed by atoms with Gasteiger partial charge in [-0.15, -0.1) is 0 Å². The average molecular weight is 275 g/mol. The highest BCUT2D eigenvalue weighted by Crippen LogP contribution is 2.29. The van der Waals surface area contributed by atoms with Crippen molar-refractivity contribution in [3.05, 3.63) is 18.0 Å². The molecular formula is C17H29N3. The Labute approximate surface area is 122 Å². The van der Waals surface area contributed by atoms with E-state index in [9.17, 15) is 0 Å². The van der Waals surface area contributed by atoms with Crippen LogP contribution in [-0.4, -0.2) is 15.8 Å². The van der Waals surface area contributed by atoms with Crippen molar-refractivity contribution >= 4 is 0 Å². The standard InChI is InChI=1S/C17H29N3/c18-17(14-6-4-5-7-14)11-10-15-12-13-20(19-15)16-8-2-1-3-9-16/h12-14,16-17H,1-11,18H2. The summed E-state index contributed by atoms with van der Waals surface area (Å²) in [5.74, 6) is 0.774. The fourth-order valence-corrected chi connectivity index (χ4v) is 4.00. The number of hydrogen-bond acceptors (Lipinski definition) is 2. The summed E-state index contributed by atoms with van der Waals surface area (Å²) in [4.78, 5) is 0. The van der Waals surface area contributed by atoms with Gasteiger partial charge >= 0.3 is 0 Å². The van der Waals surface area contributed by atoms with E-state index >= 15 is 0 Å². The van der Waals surface area contributed by atoms with Gasteiger partial charge in [-0.2, -0.15) is 5.10 Å². The second-order valence-electron chi connectivity index (χ2n) is 6.83. The molecule has 3 nitrogen and oxygen atoms in total. The molecule has 1 unspecified atom stereocenters. The lowest BCUT2D eigenvalue weighted by Crippen LogP contribution is -2.28. The predicted octanol–water partition coefficient (Wildman–Crippen LogP) is 3.84. The molecular weight excluding hydrogens is 246 g/mol. The summed E-state index contributed by atoms with van der Waals surface area (Å²) in [6.07, 6.45) is 16.6. The van der Waals surface area contributed by atoms with E-state index in [0.29, 0.717) is 12.1 Å². The minimum absolute atomic E-state index is 0.386. The van der Waals surface area contributed by atoms with Gasteiger partial charge in [0.2, 0.25) is 0 Å². The molecule has 1 aromatic rings. The first-order valence-corrected chi connectivity index (χ1v) is 8.62. The fourth-order valence-electron chi connectivity index (χ4n) is 4.00. The van der Waals surface area contributed by atoms with Crippen LogP contribution in [0.5, 0.6) is 0 Å². The van der Waals surface area contributed by atoms with Crippen LogP contribution in [0.15, 0.2) is 12.3 Å². The van der Waals surface area contributed by atoms with E-state index in [1.54, 1.807) is 0 Å². The van der Waals surface area contributed by atoms with Gasteiger partial charge in [-0.1, -0.05) is 32.1 Å². The van der Waals surface area contributed by atoms with Gasteiger partial charge in [0.05, 0.1) is 11.7 Å². The number of aryl methyl sites for hydroxylation is 1. The molecule has 0 amide bonds. The monoisotopic (exact) mass is 275 g/mol. The van der Waals surface area contributed by atoms with Crippen LogP contribution in [0.3, 0.4) is 0 Å². The average Bonchev–Trinajstić information content (AvgIpc) is 3.17. The Kier molecular flexibility index (Phi) is 4.77. The molecule has 1 atom stereocenters. The van der Waals surface area contributed by atoms with Gasteiger partial charge in [-0.25, -0.2) is 0 Å². The van der Waals surface area contributed by atoms with E-state index in [1.165, 1.54) is 63.5 Å². The molecule has 2 N–H and O–H groups in total. The van der Waals surface area contributed by atoms with E-state index in [0.717, 1.165) is 18.8 Å².